The number of aryl methyl sites for hydroxylation is 4. The van der Waals surface area contributed by atoms with Crippen molar-refractivity contribution >= 4 is 0 Å². The predicted octanol–water partition coefficient (Wildman–Crippen LogP) is 4.98. The molecule has 0 fully saturated rings. The van der Waals surface area contributed by atoms with Gasteiger partial charge in [0.15, 0.2) is 0 Å². The quantitative estimate of drug-likeness (QED) is 0.702. The molecule has 0 aliphatic heterocycles. The molecule has 2 nitrogen and oxygen atoms in total. The lowest BCUT2D eigenvalue weighted by molar-refractivity contribution is 1.22. The molecule has 1 N–H and O–H groups in total. The summed E-state index contributed by atoms with van der Waals surface area (Å²) in [5.41, 5.74) is 8.53. The van der Waals surface area contributed by atoms with Gasteiger partial charge in [-0.25, -0.2) is 4.98 Å². The van der Waals surface area contributed by atoms with Crippen LogP contribution in [0.15, 0.2) is 42.5 Å². The molecule has 3 rings (SSSR count). The monoisotopic (exact) mass is 276 g/mol. The number of imidazole rings is 1. The second kappa shape index (κ2) is 5.21. The molecule has 21 heavy (non-hydrogen) atoms. The standard InChI is InChI=1S/C19H20N2/c1-12-6-5-7-13(2)18(12)16-8-10-17(11-9-16)19-20-14(3)15(4)21-19/h5-11H,1-4H3,(H,20,21). The number of rotatable bonds is 2. The van der Waals surface area contributed by atoms with E-state index in [-0.39, 0.29) is 0 Å². The Labute approximate surface area is 125 Å². The van der Waals surface area contributed by atoms with Crippen molar-refractivity contribution in [2.24, 2.45) is 0 Å². The molecule has 1 heterocycles. The minimum absolute atomic E-state index is 0.943. The maximum Gasteiger partial charge on any atom is 0.137 e. The van der Waals surface area contributed by atoms with Crippen LogP contribution < -0.4 is 0 Å². The van der Waals surface area contributed by atoms with Crippen molar-refractivity contribution in [2.45, 2.75) is 27.7 Å². The van der Waals surface area contributed by atoms with E-state index in [1.165, 1.54) is 22.3 Å². The molecule has 2 aromatic carbocycles. The fraction of sp³-hybridized carbons (Fsp3) is 0.211. The zero-order chi connectivity index (χ0) is 15.0. The maximum absolute atomic E-state index is 4.56. The largest absolute Gasteiger partial charge is 0.342 e. The highest BCUT2D eigenvalue weighted by Gasteiger charge is 2.08. The first-order chi connectivity index (χ1) is 10.1. The normalized spacial score (nSPS) is 10.9. The Morgan fingerprint density at radius 2 is 1.33 bits per heavy atom. The first-order valence-corrected chi connectivity index (χ1v) is 7.26. The van der Waals surface area contributed by atoms with Crippen LogP contribution in [0.2, 0.25) is 0 Å². The molecule has 106 valence electrons. The molecule has 0 amide bonds. The van der Waals surface area contributed by atoms with Gasteiger partial charge in [-0.1, -0.05) is 42.5 Å². The molecule has 0 bridgehead atoms. The molecule has 0 atom stereocenters. The minimum Gasteiger partial charge on any atom is -0.342 e. The number of H-pyrrole nitrogens is 1. The number of aromatic amines is 1. The molecule has 0 radical (unpaired) electrons. The van der Waals surface area contributed by atoms with E-state index in [0.29, 0.717) is 0 Å². The second-order valence-electron chi connectivity index (χ2n) is 5.64. The van der Waals surface area contributed by atoms with Gasteiger partial charge in [0.05, 0.1) is 5.69 Å². The van der Waals surface area contributed by atoms with Gasteiger partial charge in [0.2, 0.25) is 0 Å². The summed E-state index contributed by atoms with van der Waals surface area (Å²) in [5, 5.41) is 0. The summed E-state index contributed by atoms with van der Waals surface area (Å²) < 4.78 is 0. The van der Waals surface area contributed by atoms with Crippen LogP contribution in [-0.4, -0.2) is 9.97 Å². The van der Waals surface area contributed by atoms with Crippen molar-refractivity contribution in [3.05, 3.63) is 65.0 Å². The summed E-state index contributed by atoms with van der Waals surface area (Å²) in [7, 11) is 0. The van der Waals surface area contributed by atoms with Gasteiger partial charge in [0.25, 0.3) is 0 Å². The summed E-state index contributed by atoms with van der Waals surface area (Å²) in [6.07, 6.45) is 0. The lowest BCUT2D eigenvalue weighted by atomic mass is 9.95. The van der Waals surface area contributed by atoms with Crippen LogP contribution >= 0.6 is 0 Å². The predicted molar refractivity (Wildman–Crippen MR) is 88.4 cm³/mol. The highest BCUT2D eigenvalue weighted by atomic mass is 14.9. The molecule has 0 saturated carbocycles. The van der Waals surface area contributed by atoms with Gasteiger partial charge in [-0.05, 0) is 49.9 Å². The van der Waals surface area contributed by atoms with Crippen LogP contribution in [0, 0.1) is 27.7 Å². The van der Waals surface area contributed by atoms with Gasteiger partial charge in [0.1, 0.15) is 5.82 Å². The molecule has 0 aliphatic rings. The summed E-state index contributed by atoms with van der Waals surface area (Å²) in [5.74, 6) is 0.943. The van der Waals surface area contributed by atoms with Crippen molar-refractivity contribution in [1.82, 2.24) is 9.97 Å². The molecule has 0 unspecified atom stereocenters. The lowest BCUT2D eigenvalue weighted by Crippen LogP contribution is -1.88. The molecule has 0 saturated heterocycles. The van der Waals surface area contributed by atoms with E-state index < -0.39 is 0 Å². The van der Waals surface area contributed by atoms with Crippen LogP contribution in [0.4, 0.5) is 0 Å². The fourth-order valence-electron chi connectivity index (χ4n) is 2.75. The van der Waals surface area contributed by atoms with Gasteiger partial charge in [-0.3, -0.25) is 0 Å². The Balaban J connectivity index is 2.01. The van der Waals surface area contributed by atoms with Crippen LogP contribution in [0.25, 0.3) is 22.5 Å². The third-order valence-corrected chi connectivity index (χ3v) is 4.06. The minimum atomic E-state index is 0.943. The van der Waals surface area contributed by atoms with Gasteiger partial charge in [-0.2, -0.15) is 0 Å². The first-order valence-electron chi connectivity index (χ1n) is 7.26. The molecular weight excluding hydrogens is 256 g/mol. The topological polar surface area (TPSA) is 28.7 Å². The number of aromatic nitrogens is 2. The average Bonchev–Trinajstić information content (AvgIpc) is 2.79. The number of benzene rings is 2. The van der Waals surface area contributed by atoms with Gasteiger partial charge in [0, 0.05) is 11.3 Å². The molecule has 0 aliphatic carbocycles. The Morgan fingerprint density at radius 3 is 1.86 bits per heavy atom. The molecule has 2 heteroatoms. The summed E-state index contributed by atoms with van der Waals surface area (Å²) >= 11 is 0. The van der Waals surface area contributed by atoms with Crippen molar-refractivity contribution < 1.29 is 0 Å². The smallest absolute Gasteiger partial charge is 0.137 e. The van der Waals surface area contributed by atoms with Crippen LogP contribution in [-0.2, 0) is 0 Å². The number of nitrogens with one attached hydrogen (secondary N) is 1. The summed E-state index contributed by atoms with van der Waals surface area (Å²) in [4.78, 5) is 7.89. The van der Waals surface area contributed by atoms with E-state index in [0.717, 1.165) is 22.8 Å². The summed E-state index contributed by atoms with van der Waals surface area (Å²) in [6, 6.07) is 15.1. The number of hydrogen-bond donors (Lipinski definition) is 1. The SMILES string of the molecule is Cc1cccc(C)c1-c1ccc(-c2nc(C)c(C)[nH]2)cc1. The third-order valence-electron chi connectivity index (χ3n) is 4.06. The number of nitrogens with zero attached hydrogens (tertiary/aromatic N) is 1. The van der Waals surface area contributed by atoms with E-state index in [1.54, 1.807) is 0 Å². The van der Waals surface area contributed by atoms with Crippen LogP contribution in [0.5, 0.6) is 0 Å². The fourth-order valence-corrected chi connectivity index (χ4v) is 2.75. The van der Waals surface area contributed by atoms with Gasteiger partial charge < -0.3 is 4.98 Å². The van der Waals surface area contributed by atoms with E-state index >= 15 is 0 Å². The number of hydrogen-bond acceptors (Lipinski definition) is 1. The zero-order valence-electron chi connectivity index (χ0n) is 13.0. The van der Waals surface area contributed by atoms with Crippen LogP contribution in [0.1, 0.15) is 22.5 Å². The lowest BCUT2D eigenvalue weighted by Gasteiger charge is -2.10. The van der Waals surface area contributed by atoms with Crippen molar-refractivity contribution in [2.75, 3.05) is 0 Å². The summed E-state index contributed by atoms with van der Waals surface area (Å²) in [6.45, 7) is 8.41. The molecule has 1 aromatic heterocycles. The van der Waals surface area contributed by atoms with E-state index in [1.807, 2.05) is 6.92 Å². The van der Waals surface area contributed by atoms with E-state index in [4.69, 9.17) is 0 Å². The average molecular weight is 276 g/mol. The third kappa shape index (κ3) is 2.49. The Bertz CT molecular complexity index is 740. The second-order valence-corrected chi connectivity index (χ2v) is 5.64. The highest BCUT2D eigenvalue weighted by molar-refractivity contribution is 5.73. The molecular formula is C19H20N2. The van der Waals surface area contributed by atoms with Gasteiger partial charge >= 0.3 is 0 Å². The van der Waals surface area contributed by atoms with E-state index in [9.17, 15) is 0 Å². The van der Waals surface area contributed by atoms with Crippen molar-refractivity contribution in [3.63, 3.8) is 0 Å². The molecule has 3 aromatic rings. The Hall–Kier alpha value is -2.35. The van der Waals surface area contributed by atoms with Crippen molar-refractivity contribution in [3.8, 4) is 22.5 Å². The molecule has 0 spiro atoms. The van der Waals surface area contributed by atoms with Crippen molar-refractivity contribution in [1.29, 1.82) is 0 Å². The Kier molecular flexibility index (Phi) is 3.38. The maximum atomic E-state index is 4.56. The van der Waals surface area contributed by atoms with Crippen LogP contribution in [0.3, 0.4) is 0 Å². The Morgan fingerprint density at radius 1 is 0.762 bits per heavy atom. The first kappa shape index (κ1) is 13.6. The van der Waals surface area contributed by atoms with Gasteiger partial charge in [-0.15, -0.1) is 0 Å². The van der Waals surface area contributed by atoms with E-state index in [2.05, 4.69) is 73.2 Å². The highest BCUT2D eigenvalue weighted by Crippen LogP contribution is 2.29. The zero-order valence-corrected chi connectivity index (χ0v) is 13.0.